The molecule has 0 fully saturated rings. The SMILES string of the molecule is Cn1cc(Cn2ccnc2-c2cccc(I)c2)cn1. The van der Waals surface area contributed by atoms with E-state index in [1.165, 1.54) is 9.13 Å². The molecule has 0 radical (unpaired) electrons. The van der Waals surface area contributed by atoms with Crippen molar-refractivity contribution in [3.63, 3.8) is 0 Å². The molecular formula is C14H13IN4. The number of hydrogen-bond acceptors (Lipinski definition) is 2. The summed E-state index contributed by atoms with van der Waals surface area (Å²) in [5.41, 5.74) is 2.31. The molecule has 0 spiro atoms. The van der Waals surface area contributed by atoms with E-state index >= 15 is 0 Å². The number of hydrogen-bond donors (Lipinski definition) is 0. The first-order valence-electron chi connectivity index (χ1n) is 5.97. The standard InChI is InChI=1S/C14H13IN4/c1-18-9-11(8-17-18)10-19-6-5-16-14(19)12-3-2-4-13(15)7-12/h2-9H,10H2,1H3. The molecule has 3 rings (SSSR count). The lowest BCUT2D eigenvalue weighted by molar-refractivity contribution is 0.763. The van der Waals surface area contributed by atoms with Gasteiger partial charge in [-0.15, -0.1) is 0 Å². The number of aryl methyl sites for hydroxylation is 1. The highest BCUT2D eigenvalue weighted by Crippen LogP contribution is 2.20. The van der Waals surface area contributed by atoms with Gasteiger partial charge in [-0.25, -0.2) is 4.98 Å². The predicted molar refractivity (Wildman–Crippen MR) is 82.7 cm³/mol. The molecule has 0 amide bonds. The third-order valence-electron chi connectivity index (χ3n) is 2.91. The van der Waals surface area contributed by atoms with Crippen LogP contribution < -0.4 is 0 Å². The number of aromatic nitrogens is 4. The van der Waals surface area contributed by atoms with Crippen LogP contribution in [0.2, 0.25) is 0 Å². The molecule has 2 aromatic heterocycles. The lowest BCUT2D eigenvalue weighted by Crippen LogP contribution is -2.00. The van der Waals surface area contributed by atoms with Gasteiger partial charge >= 0.3 is 0 Å². The van der Waals surface area contributed by atoms with E-state index in [2.05, 4.69) is 61.5 Å². The highest BCUT2D eigenvalue weighted by atomic mass is 127. The van der Waals surface area contributed by atoms with E-state index < -0.39 is 0 Å². The van der Waals surface area contributed by atoms with Crippen LogP contribution in [0.5, 0.6) is 0 Å². The molecule has 2 heterocycles. The molecule has 0 aliphatic heterocycles. The highest BCUT2D eigenvalue weighted by molar-refractivity contribution is 14.1. The van der Waals surface area contributed by atoms with Crippen molar-refractivity contribution >= 4 is 22.6 Å². The second-order valence-corrected chi connectivity index (χ2v) is 5.66. The summed E-state index contributed by atoms with van der Waals surface area (Å²) in [6.45, 7) is 0.786. The molecule has 0 atom stereocenters. The molecule has 19 heavy (non-hydrogen) atoms. The number of nitrogens with zero attached hydrogens (tertiary/aromatic N) is 4. The average Bonchev–Trinajstić information content (AvgIpc) is 2.99. The van der Waals surface area contributed by atoms with Crippen LogP contribution in [-0.2, 0) is 13.6 Å². The highest BCUT2D eigenvalue weighted by Gasteiger charge is 2.07. The molecule has 0 saturated heterocycles. The van der Waals surface area contributed by atoms with Gasteiger partial charge in [0, 0.05) is 40.3 Å². The Bertz CT molecular complexity index is 699. The molecule has 0 saturated carbocycles. The lowest BCUT2D eigenvalue weighted by Gasteiger charge is -2.06. The zero-order valence-electron chi connectivity index (χ0n) is 10.5. The van der Waals surface area contributed by atoms with Gasteiger partial charge in [-0.1, -0.05) is 12.1 Å². The van der Waals surface area contributed by atoms with Gasteiger partial charge < -0.3 is 4.57 Å². The van der Waals surface area contributed by atoms with Gasteiger partial charge in [-0.2, -0.15) is 5.10 Å². The first-order chi connectivity index (χ1) is 9.22. The van der Waals surface area contributed by atoms with E-state index in [0.717, 1.165) is 17.9 Å². The van der Waals surface area contributed by atoms with Crippen LogP contribution >= 0.6 is 22.6 Å². The Labute approximate surface area is 125 Å². The Morgan fingerprint density at radius 2 is 2.21 bits per heavy atom. The van der Waals surface area contributed by atoms with Crippen molar-refractivity contribution in [3.05, 3.63) is 58.2 Å². The van der Waals surface area contributed by atoms with E-state index in [0.29, 0.717) is 0 Å². The maximum Gasteiger partial charge on any atom is 0.140 e. The first-order valence-corrected chi connectivity index (χ1v) is 7.05. The zero-order valence-corrected chi connectivity index (χ0v) is 12.7. The Balaban J connectivity index is 1.94. The van der Waals surface area contributed by atoms with Crippen LogP contribution in [0.4, 0.5) is 0 Å². The number of halogens is 1. The minimum atomic E-state index is 0.786. The molecule has 0 aliphatic carbocycles. The normalized spacial score (nSPS) is 10.8. The molecule has 96 valence electrons. The quantitative estimate of drug-likeness (QED) is 0.670. The second-order valence-electron chi connectivity index (χ2n) is 4.41. The maximum atomic E-state index is 4.46. The average molecular weight is 364 g/mol. The van der Waals surface area contributed by atoms with Crippen LogP contribution in [-0.4, -0.2) is 19.3 Å². The summed E-state index contributed by atoms with van der Waals surface area (Å²) >= 11 is 2.32. The largest absolute Gasteiger partial charge is 0.326 e. The van der Waals surface area contributed by atoms with E-state index in [1.807, 2.05) is 36.5 Å². The molecule has 0 N–H and O–H groups in total. The predicted octanol–water partition coefficient (Wildman–Crippen LogP) is 2.94. The summed E-state index contributed by atoms with van der Waals surface area (Å²) in [5.74, 6) is 0.988. The minimum absolute atomic E-state index is 0.786. The van der Waals surface area contributed by atoms with Gasteiger partial charge in [0.2, 0.25) is 0 Å². The fourth-order valence-electron chi connectivity index (χ4n) is 2.07. The van der Waals surface area contributed by atoms with Crippen molar-refractivity contribution in [2.24, 2.45) is 7.05 Å². The van der Waals surface area contributed by atoms with Gasteiger partial charge in [-0.3, -0.25) is 4.68 Å². The fraction of sp³-hybridized carbons (Fsp3) is 0.143. The lowest BCUT2D eigenvalue weighted by atomic mass is 10.2. The first kappa shape index (κ1) is 12.4. The zero-order chi connectivity index (χ0) is 13.2. The Kier molecular flexibility index (Phi) is 3.37. The van der Waals surface area contributed by atoms with Crippen LogP contribution in [0.3, 0.4) is 0 Å². The smallest absolute Gasteiger partial charge is 0.140 e. The Morgan fingerprint density at radius 3 is 2.95 bits per heavy atom. The van der Waals surface area contributed by atoms with Gasteiger partial charge in [-0.05, 0) is 34.7 Å². The summed E-state index contributed by atoms with van der Waals surface area (Å²) in [7, 11) is 1.93. The van der Waals surface area contributed by atoms with Crippen molar-refractivity contribution < 1.29 is 0 Å². The Morgan fingerprint density at radius 1 is 1.32 bits per heavy atom. The van der Waals surface area contributed by atoms with E-state index in [9.17, 15) is 0 Å². The number of rotatable bonds is 3. The van der Waals surface area contributed by atoms with Crippen LogP contribution in [0.25, 0.3) is 11.4 Å². The molecule has 3 aromatic rings. The van der Waals surface area contributed by atoms with Crippen molar-refractivity contribution in [3.8, 4) is 11.4 Å². The summed E-state index contributed by atoms with van der Waals surface area (Å²) in [5, 5.41) is 4.20. The van der Waals surface area contributed by atoms with Crippen molar-refractivity contribution in [2.75, 3.05) is 0 Å². The van der Waals surface area contributed by atoms with E-state index in [4.69, 9.17) is 0 Å². The van der Waals surface area contributed by atoms with Crippen molar-refractivity contribution in [1.29, 1.82) is 0 Å². The van der Waals surface area contributed by atoms with Crippen molar-refractivity contribution in [2.45, 2.75) is 6.54 Å². The van der Waals surface area contributed by atoms with Crippen LogP contribution in [0.15, 0.2) is 49.1 Å². The van der Waals surface area contributed by atoms with Crippen LogP contribution in [0.1, 0.15) is 5.56 Å². The monoisotopic (exact) mass is 364 g/mol. The molecule has 1 aromatic carbocycles. The van der Waals surface area contributed by atoms with E-state index in [-0.39, 0.29) is 0 Å². The van der Waals surface area contributed by atoms with Gasteiger partial charge in [0.05, 0.1) is 12.7 Å². The van der Waals surface area contributed by atoms with Crippen LogP contribution in [0, 0.1) is 3.57 Å². The molecular weight excluding hydrogens is 351 g/mol. The second kappa shape index (κ2) is 5.16. The molecule has 4 nitrogen and oxygen atoms in total. The summed E-state index contributed by atoms with van der Waals surface area (Å²) in [6.07, 6.45) is 7.75. The number of imidazole rings is 1. The van der Waals surface area contributed by atoms with Gasteiger partial charge in [0.15, 0.2) is 0 Å². The molecule has 0 unspecified atom stereocenters. The third kappa shape index (κ3) is 2.70. The molecule has 0 bridgehead atoms. The van der Waals surface area contributed by atoms with Crippen molar-refractivity contribution in [1.82, 2.24) is 19.3 Å². The molecule has 5 heteroatoms. The minimum Gasteiger partial charge on any atom is -0.326 e. The molecule has 0 aliphatic rings. The maximum absolute atomic E-state index is 4.46. The third-order valence-corrected chi connectivity index (χ3v) is 3.58. The van der Waals surface area contributed by atoms with E-state index in [1.54, 1.807) is 0 Å². The Hall–Kier alpha value is -1.63. The van der Waals surface area contributed by atoms with Gasteiger partial charge in [0.1, 0.15) is 5.82 Å². The summed E-state index contributed by atoms with van der Waals surface area (Å²) in [4.78, 5) is 4.46. The number of benzene rings is 1. The summed E-state index contributed by atoms with van der Waals surface area (Å²) in [6, 6.07) is 8.37. The topological polar surface area (TPSA) is 35.6 Å². The van der Waals surface area contributed by atoms with Gasteiger partial charge in [0.25, 0.3) is 0 Å². The summed E-state index contributed by atoms with van der Waals surface area (Å²) < 4.78 is 5.17. The fourth-order valence-corrected chi connectivity index (χ4v) is 2.62.